The summed E-state index contributed by atoms with van der Waals surface area (Å²) >= 11 is -5.75. The summed E-state index contributed by atoms with van der Waals surface area (Å²) in [4.78, 5) is 31.0. The Labute approximate surface area is 156 Å². The number of hydrogen-bond acceptors (Lipinski definition) is 7. The van der Waals surface area contributed by atoms with Crippen LogP contribution in [0.5, 0.6) is 0 Å². The number of rotatable bonds is 2. The Balaban J connectivity index is -0.0000000904. The molecule has 0 radical (unpaired) electrons. The van der Waals surface area contributed by atoms with Crippen LogP contribution in [0.1, 0.15) is 0 Å². The second-order valence-electron chi connectivity index (χ2n) is 1.47. The van der Waals surface area contributed by atoms with E-state index in [9.17, 15) is 9.13 Å². The van der Waals surface area contributed by atoms with Crippen LogP contribution in [0, 0.1) is 0 Å². The van der Waals surface area contributed by atoms with Gasteiger partial charge in [0.1, 0.15) is 0 Å². The maximum absolute atomic E-state index is 9.63. The van der Waals surface area contributed by atoms with Crippen LogP contribution < -0.4 is 89.3 Å². The first-order chi connectivity index (χ1) is 5.71. The van der Waals surface area contributed by atoms with Gasteiger partial charge in [-0.2, -0.15) is 4.31 Å². The molecule has 0 bridgehead atoms. The summed E-state index contributed by atoms with van der Waals surface area (Å²) < 4.78 is 56.6. The van der Waals surface area contributed by atoms with Crippen LogP contribution in [0.3, 0.4) is 0 Å². The SMILES string of the molecule is O=P(O)(O)OP(=O)(O)O.[K+].[Na+].[O]=[Cr](=[O])([O-])[O-]. The van der Waals surface area contributed by atoms with Crippen molar-refractivity contribution in [2.45, 2.75) is 0 Å². The fraction of sp³-hybridized carbons (Fsp3) is 0. The third kappa shape index (κ3) is 53.8. The second kappa shape index (κ2) is 10.7. The zero-order valence-electron chi connectivity index (χ0n) is 7.95. The van der Waals surface area contributed by atoms with Gasteiger partial charge in [-0.3, -0.25) is 0 Å². The predicted octanol–water partition coefficient (Wildman–Crippen LogP) is -9.42. The average Bonchev–Trinajstić information content (AvgIpc) is 1.42. The van der Waals surface area contributed by atoms with Crippen molar-refractivity contribution in [3.05, 3.63) is 0 Å². The van der Waals surface area contributed by atoms with Crippen LogP contribution in [0.2, 0.25) is 0 Å². The number of hydrogen-bond donors (Lipinski definition) is 4. The summed E-state index contributed by atoms with van der Waals surface area (Å²) in [6.07, 6.45) is 0. The molecule has 0 saturated carbocycles. The van der Waals surface area contributed by atoms with E-state index in [0.29, 0.717) is 0 Å². The predicted molar refractivity (Wildman–Crippen MR) is 26.5 cm³/mol. The topological polar surface area (TPSA) is 205 Å². The third-order valence-corrected chi connectivity index (χ3v) is 1.91. The molecular weight excluding hydrogens is 352 g/mol. The molecule has 0 unspecified atom stereocenters. The molecule has 0 aromatic carbocycles. The van der Waals surface area contributed by atoms with E-state index in [4.69, 9.17) is 35.5 Å². The molecule has 0 saturated heterocycles. The Bertz CT molecular complexity index is 318. The summed E-state index contributed by atoms with van der Waals surface area (Å²) in [5, 5.41) is 0. The zero-order chi connectivity index (χ0) is 12.2. The van der Waals surface area contributed by atoms with E-state index in [1.807, 2.05) is 0 Å². The minimum absolute atomic E-state index is 0. The molecule has 88 valence electrons. The minimum atomic E-state index is -5.75. The van der Waals surface area contributed by atoms with E-state index in [1.165, 1.54) is 0 Å². The first kappa shape index (κ1) is 27.3. The van der Waals surface area contributed by atoms with Crippen LogP contribution in [-0.2, 0) is 34.7 Å². The van der Waals surface area contributed by atoms with Gasteiger partial charge in [0.05, 0.1) is 0 Å². The first-order valence-corrected chi connectivity index (χ1v) is 7.34. The average molecular weight is 356 g/mol. The monoisotopic (exact) mass is 356 g/mol. The van der Waals surface area contributed by atoms with Gasteiger partial charge in [-0.25, -0.2) is 9.13 Å². The summed E-state index contributed by atoms with van der Waals surface area (Å²) in [5.41, 5.74) is 0. The Morgan fingerprint density at radius 1 is 0.938 bits per heavy atom. The van der Waals surface area contributed by atoms with Crippen LogP contribution >= 0.6 is 15.6 Å². The third-order valence-electron chi connectivity index (χ3n) is 0.213. The molecule has 16 heavy (non-hydrogen) atoms. The van der Waals surface area contributed by atoms with Crippen LogP contribution in [0.25, 0.3) is 0 Å². The van der Waals surface area contributed by atoms with Gasteiger partial charge in [-0.1, -0.05) is 0 Å². The summed E-state index contributed by atoms with van der Waals surface area (Å²) in [6, 6.07) is 0. The molecule has 0 aliphatic heterocycles. The van der Waals surface area contributed by atoms with Crippen molar-refractivity contribution in [2.24, 2.45) is 0 Å². The summed E-state index contributed by atoms with van der Waals surface area (Å²) in [7, 11) is -10.1. The van der Waals surface area contributed by atoms with Gasteiger partial charge in [0.25, 0.3) is 0 Å². The Hall–Kier alpha value is 2.95. The molecular formula is H4CrKNaO11P2. The van der Waals surface area contributed by atoms with Crippen molar-refractivity contribution in [1.82, 2.24) is 0 Å². The normalized spacial score (nSPS) is 11.4. The van der Waals surface area contributed by atoms with Gasteiger partial charge in [0.2, 0.25) is 0 Å². The van der Waals surface area contributed by atoms with Crippen LogP contribution in [0.4, 0.5) is 0 Å². The van der Waals surface area contributed by atoms with Gasteiger partial charge in [0.15, 0.2) is 0 Å². The van der Waals surface area contributed by atoms with Crippen molar-refractivity contribution in [3.8, 4) is 0 Å². The molecule has 0 amide bonds. The molecule has 0 aliphatic carbocycles. The number of phosphoric acid groups is 2. The zero-order valence-corrected chi connectivity index (χ0v) is 16.1. The molecule has 16 heteroatoms. The fourth-order valence-corrected chi connectivity index (χ4v) is 1.25. The van der Waals surface area contributed by atoms with E-state index in [-0.39, 0.29) is 80.9 Å². The Kier molecular flexibility index (Phi) is 18.3. The van der Waals surface area contributed by atoms with Gasteiger partial charge in [-0.05, 0) is 0 Å². The Morgan fingerprint density at radius 3 is 1.06 bits per heavy atom. The quantitative estimate of drug-likeness (QED) is 0.270. The molecule has 0 aromatic heterocycles. The van der Waals surface area contributed by atoms with E-state index >= 15 is 0 Å². The summed E-state index contributed by atoms with van der Waals surface area (Å²) in [6.45, 7) is 0. The van der Waals surface area contributed by atoms with Crippen molar-refractivity contribution in [2.75, 3.05) is 0 Å². The molecule has 0 spiro atoms. The summed E-state index contributed by atoms with van der Waals surface area (Å²) in [5.74, 6) is 0. The van der Waals surface area contributed by atoms with E-state index in [1.54, 1.807) is 0 Å². The van der Waals surface area contributed by atoms with Crippen molar-refractivity contribution in [1.29, 1.82) is 0 Å². The molecule has 11 nitrogen and oxygen atoms in total. The maximum atomic E-state index is 9.63. The van der Waals surface area contributed by atoms with Gasteiger partial charge < -0.3 is 19.6 Å². The van der Waals surface area contributed by atoms with E-state index in [0.717, 1.165) is 0 Å². The molecule has 0 aromatic rings. The molecule has 0 aliphatic rings. The van der Waals surface area contributed by atoms with Crippen molar-refractivity contribution >= 4 is 15.6 Å². The van der Waals surface area contributed by atoms with E-state index in [2.05, 4.69) is 4.31 Å². The molecule has 0 rings (SSSR count). The molecule has 4 N–H and O–H groups in total. The van der Waals surface area contributed by atoms with Gasteiger partial charge in [-0.15, -0.1) is 0 Å². The first-order valence-electron chi connectivity index (χ1n) is 2.20. The van der Waals surface area contributed by atoms with E-state index < -0.39 is 29.3 Å². The standard InChI is InChI=1S/Cr.K.Na.H4O7P2.4O/c;;;1-8(2,3)7-9(4,5)6;;;;/h;;;(H2,1,2,3)(H2,4,5,6);;;;/q;2*+1;;;;2*-1. The molecule has 0 heterocycles. The van der Waals surface area contributed by atoms with Gasteiger partial charge in [0, 0.05) is 0 Å². The van der Waals surface area contributed by atoms with Gasteiger partial charge >= 0.3 is 126 Å². The molecule has 0 atom stereocenters. The van der Waals surface area contributed by atoms with Crippen molar-refractivity contribution < 1.29 is 143 Å². The second-order valence-corrected chi connectivity index (χ2v) is 5.36. The van der Waals surface area contributed by atoms with Crippen LogP contribution in [-0.4, -0.2) is 19.6 Å². The van der Waals surface area contributed by atoms with Crippen LogP contribution in [0.15, 0.2) is 0 Å². The Morgan fingerprint density at radius 2 is 1.06 bits per heavy atom. The molecule has 0 fully saturated rings. The van der Waals surface area contributed by atoms with Crippen molar-refractivity contribution in [3.63, 3.8) is 0 Å². The fourth-order valence-electron chi connectivity index (χ4n) is 0.139.